The van der Waals surface area contributed by atoms with Crippen molar-refractivity contribution in [2.24, 2.45) is 0 Å². The van der Waals surface area contributed by atoms with Crippen molar-refractivity contribution < 1.29 is 23.9 Å². The Balaban J connectivity index is 2.04. The second-order valence-electron chi connectivity index (χ2n) is 5.10. The third-order valence-electron chi connectivity index (χ3n) is 3.21. The molecule has 0 radical (unpaired) electrons. The van der Waals surface area contributed by atoms with Crippen LogP contribution in [-0.2, 0) is 14.3 Å². The maximum atomic E-state index is 12.3. The average molecular weight is 377 g/mol. The number of ether oxygens (including phenoxy) is 2. The van der Waals surface area contributed by atoms with Gasteiger partial charge in [-0.15, -0.1) is 0 Å². The fourth-order valence-electron chi connectivity index (χ4n) is 2.01. The smallest absolute Gasteiger partial charge is 0.345 e. The maximum Gasteiger partial charge on any atom is 0.345 e. The largest absolute Gasteiger partial charge is 0.482 e. The Morgan fingerprint density at radius 1 is 1.08 bits per heavy atom. The molecule has 0 aliphatic heterocycles. The highest BCUT2D eigenvalue weighted by atomic mass is 35.5. The van der Waals surface area contributed by atoms with E-state index >= 15 is 0 Å². The van der Waals surface area contributed by atoms with Crippen LogP contribution in [0.2, 0.25) is 5.02 Å². The molecule has 0 aromatic heterocycles. The highest BCUT2D eigenvalue weighted by molar-refractivity contribution is 6.30. The summed E-state index contributed by atoms with van der Waals surface area (Å²) in [6.45, 7) is -0.420. The van der Waals surface area contributed by atoms with Gasteiger partial charge in [0.15, 0.2) is 6.61 Å². The van der Waals surface area contributed by atoms with E-state index in [1.807, 2.05) is 0 Å². The SMILES string of the molecule is CNC(=O)NC(=O)C(OC(=O)COc1cccc(Cl)c1)c1ccccc1. The molecule has 8 heteroatoms. The van der Waals surface area contributed by atoms with Gasteiger partial charge in [-0.1, -0.05) is 48.0 Å². The first-order valence-electron chi connectivity index (χ1n) is 7.65. The molecule has 2 N–H and O–H groups in total. The highest BCUT2D eigenvalue weighted by Gasteiger charge is 2.26. The summed E-state index contributed by atoms with van der Waals surface area (Å²) < 4.78 is 10.5. The van der Waals surface area contributed by atoms with Crippen molar-refractivity contribution >= 4 is 29.5 Å². The number of carbonyl (C=O) groups is 3. The summed E-state index contributed by atoms with van der Waals surface area (Å²) in [6.07, 6.45) is -1.29. The van der Waals surface area contributed by atoms with Crippen molar-refractivity contribution in [3.05, 3.63) is 65.2 Å². The molecule has 0 bridgehead atoms. The van der Waals surface area contributed by atoms with E-state index in [2.05, 4.69) is 10.6 Å². The first-order valence-corrected chi connectivity index (χ1v) is 8.02. The number of amides is 3. The van der Waals surface area contributed by atoms with Gasteiger partial charge in [0.2, 0.25) is 6.10 Å². The van der Waals surface area contributed by atoms with Gasteiger partial charge in [-0.3, -0.25) is 10.1 Å². The van der Waals surface area contributed by atoms with Crippen LogP contribution in [0.15, 0.2) is 54.6 Å². The van der Waals surface area contributed by atoms with E-state index in [9.17, 15) is 14.4 Å². The zero-order valence-corrected chi connectivity index (χ0v) is 14.7. The van der Waals surface area contributed by atoms with Crippen molar-refractivity contribution in [1.82, 2.24) is 10.6 Å². The lowest BCUT2D eigenvalue weighted by atomic mass is 10.1. The standard InChI is InChI=1S/C18H17ClN2O5/c1-20-18(24)21-17(23)16(12-6-3-2-4-7-12)26-15(22)11-25-14-9-5-8-13(19)10-14/h2-10,16H,11H2,1H3,(H2,20,21,23,24). The molecule has 136 valence electrons. The Labute approximate surface area is 155 Å². The molecule has 0 fully saturated rings. The van der Waals surface area contributed by atoms with E-state index in [1.54, 1.807) is 54.6 Å². The summed E-state index contributed by atoms with van der Waals surface area (Å²) in [4.78, 5) is 35.7. The van der Waals surface area contributed by atoms with Gasteiger partial charge in [0, 0.05) is 17.6 Å². The van der Waals surface area contributed by atoms with Crippen LogP contribution in [0.3, 0.4) is 0 Å². The molecule has 26 heavy (non-hydrogen) atoms. The minimum atomic E-state index is -1.29. The minimum Gasteiger partial charge on any atom is -0.482 e. The normalized spacial score (nSPS) is 11.2. The maximum absolute atomic E-state index is 12.3. The van der Waals surface area contributed by atoms with E-state index in [1.165, 1.54) is 7.05 Å². The Bertz CT molecular complexity index is 782. The highest BCUT2D eigenvalue weighted by Crippen LogP contribution is 2.19. The van der Waals surface area contributed by atoms with Gasteiger partial charge in [-0.05, 0) is 18.2 Å². The van der Waals surface area contributed by atoms with Gasteiger partial charge in [-0.25, -0.2) is 9.59 Å². The number of esters is 1. The summed E-state index contributed by atoms with van der Waals surface area (Å²) >= 11 is 5.84. The summed E-state index contributed by atoms with van der Waals surface area (Å²) in [5.74, 6) is -1.15. The summed E-state index contributed by atoms with van der Waals surface area (Å²) in [5, 5.41) is 4.81. The molecule has 0 saturated heterocycles. The van der Waals surface area contributed by atoms with Gasteiger partial charge in [0.25, 0.3) is 5.91 Å². The number of halogens is 1. The minimum absolute atomic E-state index is 0.389. The van der Waals surface area contributed by atoms with Gasteiger partial charge in [0.1, 0.15) is 5.75 Å². The molecule has 7 nitrogen and oxygen atoms in total. The van der Waals surface area contributed by atoms with Crippen LogP contribution in [0.4, 0.5) is 4.79 Å². The van der Waals surface area contributed by atoms with Gasteiger partial charge in [-0.2, -0.15) is 0 Å². The van der Waals surface area contributed by atoms with E-state index in [-0.39, 0.29) is 0 Å². The first kappa shape index (κ1) is 19.3. The van der Waals surface area contributed by atoms with Gasteiger partial charge >= 0.3 is 12.0 Å². The number of urea groups is 1. The van der Waals surface area contributed by atoms with Crippen LogP contribution in [0.5, 0.6) is 5.75 Å². The predicted molar refractivity (Wildman–Crippen MR) is 94.8 cm³/mol. The van der Waals surface area contributed by atoms with E-state index in [0.717, 1.165) is 0 Å². The number of hydrogen-bond acceptors (Lipinski definition) is 5. The zero-order valence-electron chi connectivity index (χ0n) is 13.9. The molecule has 1 unspecified atom stereocenters. The predicted octanol–water partition coefficient (Wildman–Crippen LogP) is 2.46. The lowest BCUT2D eigenvalue weighted by Gasteiger charge is -2.17. The van der Waals surface area contributed by atoms with Gasteiger partial charge < -0.3 is 14.8 Å². The summed E-state index contributed by atoms with van der Waals surface area (Å²) in [5.41, 5.74) is 0.421. The molecule has 2 aromatic rings. The van der Waals surface area contributed by atoms with Crippen LogP contribution < -0.4 is 15.4 Å². The van der Waals surface area contributed by atoms with Gasteiger partial charge in [0.05, 0.1) is 0 Å². The van der Waals surface area contributed by atoms with Crippen molar-refractivity contribution in [2.45, 2.75) is 6.10 Å². The molecule has 0 heterocycles. The number of carbonyl (C=O) groups excluding carboxylic acids is 3. The lowest BCUT2D eigenvalue weighted by molar-refractivity contribution is -0.158. The molecule has 3 amide bonds. The molecule has 0 aliphatic rings. The third kappa shape index (κ3) is 5.78. The lowest BCUT2D eigenvalue weighted by Crippen LogP contribution is -2.41. The number of benzene rings is 2. The molecule has 0 spiro atoms. The molecular weight excluding hydrogens is 360 g/mol. The Hall–Kier alpha value is -3.06. The molecule has 0 saturated carbocycles. The van der Waals surface area contributed by atoms with E-state index in [0.29, 0.717) is 16.3 Å². The van der Waals surface area contributed by atoms with Crippen LogP contribution in [-0.4, -0.2) is 31.6 Å². The third-order valence-corrected chi connectivity index (χ3v) is 3.44. The first-order chi connectivity index (χ1) is 12.5. The van der Waals surface area contributed by atoms with Crippen LogP contribution in [0.1, 0.15) is 11.7 Å². The molecule has 2 rings (SSSR count). The molecule has 2 aromatic carbocycles. The average Bonchev–Trinajstić information content (AvgIpc) is 2.65. The summed E-state index contributed by atoms with van der Waals surface area (Å²) in [7, 11) is 1.37. The van der Waals surface area contributed by atoms with Crippen LogP contribution in [0.25, 0.3) is 0 Å². The molecule has 1 atom stereocenters. The topological polar surface area (TPSA) is 93.7 Å². The molecular formula is C18H17ClN2O5. The zero-order chi connectivity index (χ0) is 18.9. The Morgan fingerprint density at radius 3 is 2.46 bits per heavy atom. The fraction of sp³-hybridized carbons (Fsp3) is 0.167. The second kappa shape index (κ2) is 9.43. The number of imide groups is 1. The van der Waals surface area contributed by atoms with Crippen molar-refractivity contribution in [1.29, 1.82) is 0 Å². The number of hydrogen-bond donors (Lipinski definition) is 2. The van der Waals surface area contributed by atoms with E-state index in [4.69, 9.17) is 21.1 Å². The monoisotopic (exact) mass is 376 g/mol. The Morgan fingerprint density at radius 2 is 1.81 bits per heavy atom. The fourth-order valence-corrected chi connectivity index (χ4v) is 2.19. The summed E-state index contributed by atoms with van der Waals surface area (Å²) in [6, 6.07) is 14.2. The van der Waals surface area contributed by atoms with E-state index < -0.39 is 30.6 Å². The van der Waals surface area contributed by atoms with Crippen LogP contribution >= 0.6 is 11.6 Å². The molecule has 0 aliphatic carbocycles. The van der Waals surface area contributed by atoms with Crippen LogP contribution in [0, 0.1) is 0 Å². The number of nitrogens with one attached hydrogen (secondary N) is 2. The number of rotatable bonds is 6. The van der Waals surface area contributed by atoms with Crippen molar-refractivity contribution in [3.63, 3.8) is 0 Å². The van der Waals surface area contributed by atoms with Crippen molar-refractivity contribution in [2.75, 3.05) is 13.7 Å². The van der Waals surface area contributed by atoms with Crippen molar-refractivity contribution in [3.8, 4) is 5.75 Å². The quantitative estimate of drug-likeness (QED) is 0.755. The second-order valence-corrected chi connectivity index (χ2v) is 5.53. The Kier molecular flexibility index (Phi) is 6.99.